The van der Waals surface area contributed by atoms with Crippen molar-refractivity contribution >= 4 is 19.9 Å². The molecule has 25 heavy (non-hydrogen) atoms. The molecule has 0 spiro atoms. The number of nitrogens with one attached hydrogen (secondary N) is 1. The number of sulfonamides is 1. The van der Waals surface area contributed by atoms with Crippen molar-refractivity contribution in [3.63, 3.8) is 0 Å². The van der Waals surface area contributed by atoms with Crippen molar-refractivity contribution in [3.05, 3.63) is 59.2 Å². The van der Waals surface area contributed by atoms with Gasteiger partial charge < -0.3 is 0 Å². The van der Waals surface area contributed by atoms with Crippen LogP contribution in [0.1, 0.15) is 36.1 Å². The van der Waals surface area contributed by atoms with Gasteiger partial charge >= 0.3 is 0 Å². The Kier molecular flexibility index (Phi) is 4.74. The highest BCUT2D eigenvalue weighted by Crippen LogP contribution is 2.26. The summed E-state index contributed by atoms with van der Waals surface area (Å²) in [5.41, 5.74) is 3.56. The first kappa shape index (κ1) is 18.1. The fraction of sp³-hybridized carbons (Fsp3) is 0.333. The van der Waals surface area contributed by atoms with E-state index in [2.05, 4.69) is 16.9 Å². The number of rotatable bonds is 5. The quantitative estimate of drug-likeness (QED) is 0.866. The fourth-order valence-electron chi connectivity index (χ4n) is 3.10. The van der Waals surface area contributed by atoms with Gasteiger partial charge in [-0.1, -0.05) is 18.2 Å². The lowest BCUT2D eigenvalue weighted by Crippen LogP contribution is -2.27. The highest BCUT2D eigenvalue weighted by molar-refractivity contribution is 7.90. The van der Waals surface area contributed by atoms with Gasteiger partial charge in [0.2, 0.25) is 10.0 Å². The molecule has 1 atom stereocenters. The van der Waals surface area contributed by atoms with Gasteiger partial charge in [-0.2, -0.15) is 0 Å². The molecule has 1 aliphatic carbocycles. The molecular formula is C18H21NO4S2. The van der Waals surface area contributed by atoms with Gasteiger partial charge in [-0.15, -0.1) is 0 Å². The van der Waals surface area contributed by atoms with Crippen LogP contribution in [0.15, 0.2) is 52.3 Å². The molecule has 134 valence electrons. The molecule has 0 radical (unpaired) electrons. The smallest absolute Gasteiger partial charge is 0.224 e. The van der Waals surface area contributed by atoms with E-state index < -0.39 is 19.9 Å². The van der Waals surface area contributed by atoms with Crippen LogP contribution < -0.4 is 4.72 Å². The van der Waals surface area contributed by atoms with Crippen molar-refractivity contribution in [1.29, 1.82) is 0 Å². The number of sulfone groups is 1. The van der Waals surface area contributed by atoms with Crippen LogP contribution in [-0.2, 0) is 32.7 Å². The van der Waals surface area contributed by atoms with Crippen molar-refractivity contribution in [2.75, 3.05) is 6.26 Å². The molecule has 0 saturated carbocycles. The Morgan fingerprint density at radius 1 is 0.880 bits per heavy atom. The second kappa shape index (κ2) is 6.55. The molecule has 2 aromatic carbocycles. The highest BCUT2D eigenvalue weighted by atomic mass is 32.2. The molecule has 0 heterocycles. The van der Waals surface area contributed by atoms with Crippen molar-refractivity contribution in [2.45, 2.75) is 42.0 Å². The number of aryl methyl sites for hydroxylation is 2. The summed E-state index contributed by atoms with van der Waals surface area (Å²) in [4.78, 5) is 0.144. The predicted molar refractivity (Wildman–Crippen MR) is 96.8 cm³/mol. The SMILES string of the molecule is C[C@H](NS(=O)(=O)c1ccc(S(C)(=O)=O)cc1)c1ccc2c(c1)CCC2. The second-order valence-corrected chi connectivity index (χ2v) is 10.2. The van der Waals surface area contributed by atoms with Crippen molar-refractivity contribution < 1.29 is 16.8 Å². The molecule has 1 N–H and O–H groups in total. The molecular weight excluding hydrogens is 358 g/mol. The largest absolute Gasteiger partial charge is 0.241 e. The molecule has 0 aliphatic heterocycles. The summed E-state index contributed by atoms with van der Waals surface area (Å²) in [5, 5.41) is 0. The van der Waals surface area contributed by atoms with Crippen molar-refractivity contribution in [2.24, 2.45) is 0 Å². The zero-order valence-electron chi connectivity index (χ0n) is 14.2. The maximum atomic E-state index is 12.6. The fourth-order valence-corrected chi connectivity index (χ4v) is 4.96. The topological polar surface area (TPSA) is 80.3 Å². The minimum atomic E-state index is -3.73. The molecule has 2 aromatic rings. The van der Waals surface area contributed by atoms with Crippen LogP contribution in [0.25, 0.3) is 0 Å². The van der Waals surface area contributed by atoms with E-state index in [0.29, 0.717) is 0 Å². The minimum Gasteiger partial charge on any atom is -0.224 e. The molecule has 0 fully saturated rings. The lowest BCUT2D eigenvalue weighted by atomic mass is 10.0. The van der Waals surface area contributed by atoms with E-state index in [1.165, 1.54) is 35.4 Å². The summed E-state index contributed by atoms with van der Waals surface area (Å²) in [6, 6.07) is 11.0. The van der Waals surface area contributed by atoms with Crippen LogP contribution in [0, 0.1) is 0 Å². The normalized spacial score (nSPS) is 15.8. The maximum Gasteiger partial charge on any atom is 0.241 e. The first-order chi connectivity index (χ1) is 11.7. The highest BCUT2D eigenvalue weighted by Gasteiger charge is 2.20. The average Bonchev–Trinajstić information content (AvgIpc) is 3.01. The third-order valence-electron chi connectivity index (χ3n) is 4.52. The third-order valence-corrected chi connectivity index (χ3v) is 7.20. The zero-order chi connectivity index (χ0) is 18.2. The van der Waals surface area contributed by atoms with Gasteiger partial charge in [0.25, 0.3) is 0 Å². The average molecular weight is 380 g/mol. The number of benzene rings is 2. The molecule has 0 unspecified atom stereocenters. The number of hydrogen-bond donors (Lipinski definition) is 1. The Balaban J connectivity index is 1.81. The number of hydrogen-bond acceptors (Lipinski definition) is 4. The van der Waals surface area contributed by atoms with Gasteiger partial charge in [0.05, 0.1) is 9.79 Å². The Morgan fingerprint density at radius 2 is 1.48 bits per heavy atom. The Labute approximate surface area is 149 Å². The monoisotopic (exact) mass is 379 g/mol. The summed E-state index contributed by atoms with van der Waals surface area (Å²) >= 11 is 0. The van der Waals surface area contributed by atoms with Crippen molar-refractivity contribution in [3.8, 4) is 0 Å². The third kappa shape index (κ3) is 3.94. The van der Waals surface area contributed by atoms with Crippen LogP contribution in [0.3, 0.4) is 0 Å². The van der Waals surface area contributed by atoms with Gasteiger partial charge in [0.15, 0.2) is 9.84 Å². The number of fused-ring (bicyclic) bond motifs is 1. The van der Waals surface area contributed by atoms with Crippen LogP contribution in [-0.4, -0.2) is 23.1 Å². The summed E-state index contributed by atoms with van der Waals surface area (Å²) < 4.78 is 50.7. The van der Waals surface area contributed by atoms with E-state index in [1.807, 2.05) is 6.07 Å². The van der Waals surface area contributed by atoms with Gasteiger partial charge in [0.1, 0.15) is 0 Å². The van der Waals surface area contributed by atoms with E-state index >= 15 is 0 Å². The molecule has 5 nitrogen and oxygen atoms in total. The van der Waals surface area contributed by atoms with Gasteiger partial charge in [-0.05, 0) is 67.1 Å². The zero-order valence-corrected chi connectivity index (χ0v) is 15.8. The second-order valence-electron chi connectivity index (χ2n) is 6.47. The lowest BCUT2D eigenvalue weighted by Gasteiger charge is -2.16. The summed E-state index contributed by atoms with van der Waals surface area (Å²) in [6.07, 6.45) is 4.36. The summed E-state index contributed by atoms with van der Waals surface area (Å²) in [6.45, 7) is 1.80. The molecule has 7 heteroatoms. The first-order valence-electron chi connectivity index (χ1n) is 8.11. The van der Waals surface area contributed by atoms with E-state index in [9.17, 15) is 16.8 Å². The summed E-state index contributed by atoms with van der Waals surface area (Å²) in [5.74, 6) is 0. The molecule has 0 saturated heterocycles. The maximum absolute atomic E-state index is 12.6. The Bertz CT molecular complexity index is 994. The molecule has 0 bridgehead atoms. The van der Waals surface area contributed by atoms with Gasteiger partial charge in [-0.25, -0.2) is 21.6 Å². The van der Waals surface area contributed by atoms with E-state index in [1.54, 1.807) is 6.92 Å². The minimum absolute atomic E-state index is 0.0490. The van der Waals surface area contributed by atoms with Crippen LogP contribution in [0.2, 0.25) is 0 Å². The predicted octanol–water partition coefficient (Wildman–Crippen LogP) is 2.62. The Morgan fingerprint density at radius 3 is 2.12 bits per heavy atom. The van der Waals surface area contributed by atoms with Crippen LogP contribution in [0.4, 0.5) is 0 Å². The molecule has 0 amide bonds. The lowest BCUT2D eigenvalue weighted by molar-refractivity contribution is 0.566. The van der Waals surface area contributed by atoms with Gasteiger partial charge in [0, 0.05) is 12.3 Å². The van der Waals surface area contributed by atoms with Crippen LogP contribution in [0.5, 0.6) is 0 Å². The van der Waals surface area contributed by atoms with E-state index in [4.69, 9.17) is 0 Å². The first-order valence-corrected chi connectivity index (χ1v) is 11.5. The van der Waals surface area contributed by atoms with Gasteiger partial charge in [-0.3, -0.25) is 0 Å². The summed E-state index contributed by atoms with van der Waals surface area (Å²) in [7, 11) is -7.08. The molecule has 3 rings (SSSR count). The van der Waals surface area contributed by atoms with E-state index in [-0.39, 0.29) is 15.8 Å². The van der Waals surface area contributed by atoms with Crippen molar-refractivity contribution in [1.82, 2.24) is 4.72 Å². The van der Waals surface area contributed by atoms with E-state index in [0.717, 1.165) is 31.1 Å². The van der Waals surface area contributed by atoms with Crippen LogP contribution >= 0.6 is 0 Å². The standard InChI is InChI=1S/C18H21NO4S2/c1-13(15-7-6-14-4-3-5-16(14)12-15)19-25(22,23)18-10-8-17(9-11-18)24(2,20)21/h6-13,19H,3-5H2,1-2H3/t13-/m0/s1. The molecule has 1 aliphatic rings. The Hall–Kier alpha value is -1.70. The molecule has 0 aromatic heterocycles.